The molecular weight excluding hydrogens is 296 g/mol. The lowest BCUT2D eigenvalue weighted by molar-refractivity contribution is -0.120. The molecule has 3 heteroatoms. The van der Waals surface area contributed by atoms with E-state index in [0.29, 0.717) is 6.42 Å². The van der Waals surface area contributed by atoms with E-state index in [9.17, 15) is 4.79 Å². The quantitative estimate of drug-likeness (QED) is 0.754. The second-order valence-corrected chi connectivity index (χ2v) is 6.52. The van der Waals surface area contributed by atoms with Crippen molar-refractivity contribution in [1.82, 2.24) is 10.2 Å². The van der Waals surface area contributed by atoms with E-state index >= 15 is 0 Å². The molecule has 0 aliphatic heterocycles. The van der Waals surface area contributed by atoms with Gasteiger partial charge in [0.25, 0.3) is 0 Å². The summed E-state index contributed by atoms with van der Waals surface area (Å²) in [7, 11) is 2.11. The first kappa shape index (κ1) is 18.2. The third kappa shape index (κ3) is 6.17. The summed E-state index contributed by atoms with van der Waals surface area (Å²) in [6, 6.07) is 16.7. The fourth-order valence-electron chi connectivity index (χ4n) is 2.71. The zero-order valence-electron chi connectivity index (χ0n) is 15.0. The fraction of sp³-hybridized carbons (Fsp3) is 0.381. The van der Waals surface area contributed by atoms with Gasteiger partial charge in [-0.1, -0.05) is 48.5 Å². The molecule has 1 amide bonds. The number of benzene rings is 2. The van der Waals surface area contributed by atoms with Crippen molar-refractivity contribution in [1.29, 1.82) is 0 Å². The lowest BCUT2D eigenvalue weighted by Crippen LogP contribution is -2.29. The van der Waals surface area contributed by atoms with E-state index in [1.807, 2.05) is 12.1 Å². The topological polar surface area (TPSA) is 32.3 Å². The minimum Gasteiger partial charge on any atom is -0.356 e. The van der Waals surface area contributed by atoms with Crippen LogP contribution in [0.4, 0.5) is 0 Å². The van der Waals surface area contributed by atoms with Crippen LogP contribution in [0.25, 0.3) is 0 Å². The van der Waals surface area contributed by atoms with Crippen molar-refractivity contribution >= 4 is 5.91 Å². The third-order valence-electron chi connectivity index (χ3n) is 4.27. The molecule has 2 aromatic carbocycles. The molecular formula is C21H28N2O. The Morgan fingerprint density at radius 1 is 1.00 bits per heavy atom. The van der Waals surface area contributed by atoms with Crippen molar-refractivity contribution in [2.75, 3.05) is 20.1 Å². The van der Waals surface area contributed by atoms with Gasteiger partial charge in [0, 0.05) is 13.1 Å². The summed E-state index contributed by atoms with van der Waals surface area (Å²) >= 11 is 0. The maximum absolute atomic E-state index is 12.0. The van der Waals surface area contributed by atoms with E-state index in [1.54, 1.807) is 0 Å². The van der Waals surface area contributed by atoms with Crippen LogP contribution in [0.1, 0.15) is 28.7 Å². The van der Waals surface area contributed by atoms with Gasteiger partial charge in [-0.3, -0.25) is 4.79 Å². The van der Waals surface area contributed by atoms with Gasteiger partial charge in [0.2, 0.25) is 5.91 Å². The van der Waals surface area contributed by atoms with Crippen LogP contribution in [0.15, 0.2) is 48.5 Å². The maximum Gasteiger partial charge on any atom is 0.224 e. The Bertz CT molecular complexity index is 652. The monoisotopic (exact) mass is 324 g/mol. The van der Waals surface area contributed by atoms with Crippen LogP contribution in [-0.4, -0.2) is 30.9 Å². The molecule has 0 bridgehead atoms. The van der Waals surface area contributed by atoms with Gasteiger partial charge in [-0.2, -0.15) is 0 Å². The maximum atomic E-state index is 12.0. The molecule has 0 aliphatic carbocycles. The van der Waals surface area contributed by atoms with Crippen LogP contribution in [0, 0.1) is 13.8 Å². The summed E-state index contributed by atoms with van der Waals surface area (Å²) in [6.45, 7) is 6.81. The van der Waals surface area contributed by atoms with Gasteiger partial charge in [-0.15, -0.1) is 0 Å². The zero-order valence-corrected chi connectivity index (χ0v) is 15.0. The molecule has 0 aliphatic rings. The largest absolute Gasteiger partial charge is 0.356 e. The summed E-state index contributed by atoms with van der Waals surface area (Å²) in [5.41, 5.74) is 4.90. The fourth-order valence-corrected chi connectivity index (χ4v) is 2.71. The molecule has 128 valence electrons. The second-order valence-electron chi connectivity index (χ2n) is 6.52. The highest BCUT2D eigenvalue weighted by molar-refractivity contribution is 5.78. The highest BCUT2D eigenvalue weighted by Gasteiger charge is 2.05. The number of carbonyl (C=O) groups is 1. The van der Waals surface area contributed by atoms with Crippen molar-refractivity contribution in [3.63, 3.8) is 0 Å². The van der Waals surface area contributed by atoms with Crippen molar-refractivity contribution < 1.29 is 4.79 Å². The number of carbonyl (C=O) groups excluding carboxylic acids is 1. The van der Waals surface area contributed by atoms with Crippen molar-refractivity contribution in [2.45, 2.75) is 33.2 Å². The number of hydrogen-bond donors (Lipinski definition) is 1. The van der Waals surface area contributed by atoms with Gasteiger partial charge < -0.3 is 10.2 Å². The highest BCUT2D eigenvalue weighted by atomic mass is 16.1. The van der Waals surface area contributed by atoms with Crippen LogP contribution in [-0.2, 0) is 17.8 Å². The molecule has 0 saturated carbocycles. The lowest BCUT2D eigenvalue weighted by atomic mass is 10.0. The first-order valence-corrected chi connectivity index (χ1v) is 8.60. The van der Waals surface area contributed by atoms with Crippen molar-refractivity contribution in [2.24, 2.45) is 0 Å². The molecule has 0 heterocycles. The first-order chi connectivity index (χ1) is 11.5. The molecule has 24 heavy (non-hydrogen) atoms. The van der Waals surface area contributed by atoms with Gasteiger partial charge in [0.1, 0.15) is 0 Å². The Labute approximate surface area is 145 Å². The molecule has 2 aromatic rings. The van der Waals surface area contributed by atoms with E-state index in [2.05, 4.69) is 67.5 Å². The predicted molar refractivity (Wildman–Crippen MR) is 100 cm³/mol. The molecule has 1 N–H and O–H groups in total. The summed E-state index contributed by atoms with van der Waals surface area (Å²) in [4.78, 5) is 14.3. The van der Waals surface area contributed by atoms with Crippen LogP contribution in [0.3, 0.4) is 0 Å². The number of amides is 1. The van der Waals surface area contributed by atoms with Gasteiger partial charge in [0.05, 0.1) is 6.42 Å². The van der Waals surface area contributed by atoms with E-state index in [1.165, 1.54) is 16.7 Å². The zero-order chi connectivity index (χ0) is 17.4. The molecule has 3 nitrogen and oxygen atoms in total. The average molecular weight is 324 g/mol. The molecule has 0 unspecified atom stereocenters. The molecule has 0 spiro atoms. The molecule has 0 saturated heterocycles. The number of rotatable bonds is 8. The summed E-state index contributed by atoms with van der Waals surface area (Å²) in [5, 5.41) is 3.02. The van der Waals surface area contributed by atoms with Crippen LogP contribution >= 0.6 is 0 Å². The van der Waals surface area contributed by atoms with Crippen LogP contribution in [0.2, 0.25) is 0 Å². The molecule has 0 aromatic heterocycles. The number of aryl methyl sites for hydroxylation is 2. The van der Waals surface area contributed by atoms with E-state index < -0.39 is 0 Å². The number of nitrogens with zero attached hydrogens (tertiary/aromatic N) is 1. The summed E-state index contributed by atoms with van der Waals surface area (Å²) in [6.07, 6.45) is 1.42. The van der Waals surface area contributed by atoms with E-state index in [0.717, 1.165) is 31.6 Å². The minimum absolute atomic E-state index is 0.101. The normalized spacial score (nSPS) is 10.8. The Hall–Kier alpha value is -2.13. The van der Waals surface area contributed by atoms with Gasteiger partial charge in [0.15, 0.2) is 0 Å². The Morgan fingerprint density at radius 3 is 2.46 bits per heavy atom. The Balaban J connectivity index is 1.64. The minimum atomic E-state index is 0.101. The molecule has 0 atom stereocenters. The summed E-state index contributed by atoms with van der Waals surface area (Å²) < 4.78 is 0. The molecule has 0 fully saturated rings. The lowest BCUT2D eigenvalue weighted by Gasteiger charge is -2.16. The van der Waals surface area contributed by atoms with Crippen LogP contribution < -0.4 is 5.32 Å². The smallest absolute Gasteiger partial charge is 0.224 e. The number of nitrogens with one attached hydrogen (secondary N) is 1. The van der Waals surface area contributed by atoms with Gasteiger partial charge in [-0.25, -0.2) is 0 Å². The van der Waals surface area contributed by atoms with Crippen molar-refractivity contribution in [3.8, 4) is 0 Å². The number of hydrogen-bond acceptors (Lipinski definition) is 2. The van der Waals surface area contributed by atoms with E-state index in [-0.39, 0.29) is 5.91 Å². The molecule has 0 radical (unpaired) electrons. The first-order valence-electron chi connectivity index (χ1n) is 8.60. The van der Waals surface area contributed by atoms with Gasteiger partial charge >= 0.3 is 0 Å². The second kappa shape index (κ2) is 9.24. The van der Waals surface area contributed by atoms with E-state index in [4.69, 9.17) is 0 Å². The van der Waals surface area contributed by atoms with Gasteiger partial charge in [-0.05, 0) is 56.1 Å². The molecule has 2 rings (SSSR count). The highest BCUT2D eigenvalue weighted by Crippen LogP contribution is 2.10. The predicted octanol–water partition coefficient (Wildman–Crippen LogP) is 3.48. The van der Waals surface area contributed by atoms with Crippen LogP contribution in [0.5, 0.6) is 0 Å². The summed E-state index contributed by atoms with van der Waals surface area (Å²) in [5.74, 6) is 0.101. The Kier molecular flexibility index (Phi) is 7.01. The van der Waals surface area contributed by atoms with Crippen molar-refractivity contribution in [3.05, 3.63) is 70.8 Å². The average Bonchev–Trinajstić information content (AvgIpc) is 2.56. The SMILES string of the molecule is Cc1ccc(CC(=O)NCCCN(C)Cc2ccccc2)cc1C. The third-order valence-corrected chi connectivity index (χ3v) is 4.27. The Morgan fingerprint density at radius 2 is 1.75 bits per heavy atom. The standard InChI is InChI=1S/C21H28N2O/c1-17-10-11-20(14-18(17)2)15-21(24)22-12-7-13-23(3)16-19-8-5-4-6-9-19/h4-6,8-11,14H,7,12-13,15-16H2,1-3H3,(H,22,24).